The Balaban J connectivity index is 2.34. The lowest BCUT2D eigenvalue weighted by atomic mass is 9.99. The van der Waals surface area contributed by atoms with Gasteiger partial charge in [0, 0.05) is 6.54 Å². The van der Waals surface area contributed by atoms with E-state index in [2.05, 4.69) is 12.2 Å². The van der Waals surface area contributed by atoms with Crippen LogP contribution in [0.15, 0.2) is 30.3 Å². The van der Waals surface area contributed by atoms with E-state index < -0.39 is 11.9 Å². The Morgan fingerprint density at radius 2 is 1.94 bits per heavy atom. The number of carboxylic acids is 1. The molecule has 0 spiro atoms. The summed E-state index contributed by atoms with van der Waals surface area (Å²) in [4.78, 5) is 11.2. The predicted octanol–water partition coefficient (Wildman–Crippen LogP) is 3.02. The normalized spacial score (nSPS) is 12.3. The number of unbranched alkanes of at least 4 members (excludes halogenated alkanes) is 3. The largest absolute Gasteiger partial charge is 0.481 e. The lowest BCUT2D eigenvalue weighted by Crippen LogP contribution is -2.27. The molecule has 0 aromatic heterocycles. The molecule has 1 aromatic carbocycles. The van der Waals surface area contributed by atoms with Gasteiger partial charge in [0.1, 0.15) is 0 Å². The SMILES string of the molecule is CCCCCCNCC(C(=O)O)c1ccccc1. The molecule has 100 valence electrons. The molecule has 1 rings (SSSR count). The zero-order valence-electron chi connectivity index (χ0n) is 11.1. The van der Waals surface area contributed by atoms with Crippen molar-refractivity contribution in [2.75, 3.05) is 13.1 Å². The highest BCUT2D eigenvalue weighted by atomic mass is 16.4. The summed E-state index contributed by atoms with van der Waals surface area (Å²) in [6.45, 7) is 3.59. The van der Waals surface area contributed by atoms with Gasteiger partial charge in [0.2, 0.25) is 0 Å². The van der Waals surface area contributed by atoms with E-state index in [-0.39, 0.29) is 0 Å². The van der Waals surface area contributed by atoms with Gasteiger partial charge in [-0.2, -0.15) is 0 Å². The average Bonchev–Trinajstić information content (AvgIpc) is 2.38. The van der Waals surface area contributed by atoms with E-state index in [1.165, 1.54) is 19.3 Å². The van der Waals surface area contributed by atoms with Crippen LogP contribution in [0.3, 0.4) is 0 Å². The Bertz CT molecular complexity index is 338. The van der Waals surface area contributed by atoms with Crippen molar-refractivity contribution in [2.24, 2.45) is 0 Å². The number of rotatable bonds is 9. The van der Waals surface area contributed by atoms with Crippen molar-refractivity contribution in [3.63, 3.8) is 0 Å². The van der Waals surface area contributed by atoms with Crippen LogP contribution in [0.25, 0.3) is 0 Å². The summed E-state index contributed by atoms with van der Waals surface area (Å²) in [5, 5.41) is 12.5. The summed E-state index contributed by atoms with van der Waals surface area (Å²) >= 11 is 0. The topological polar surface area (TPSA) is 49.3 Å². The number of hydrogen-bond acceptors (Lipinski definition) is 2. The van der Waals surface area contributed by atoms with Gasteiger partial charge in [0.05, 0.1) is 5.92 Å². The number of carbonyl (C=O) groups is 1. The smallest absolute Gasteiger partial charge is 0.312 e. The van der Waals surface area contributed by atoms with E-state index >= 15 is 0 Å². The molecule has 0 bridgehead atoms. The molecule has 0 aliphatic rings. The van der Waals surface area contributed by atoms with Crippen molar-refractivity contribution in [1.29, 1.82) is 0 Å². The summed E-state index contributed by atoms with van der Waals surface area (Å²) in [6.07, 6.45) is 4.81. The standard InChI is InChI=1S/C15H23NO2/c1-2-3-4-8-11-16-12-14(15(17)18)13-9-6-5-7-10-13/h5-7,9-10,14,16H,2-4,8,11-12H2,1H3,(H,17,18). The molecule has 18 heavy (non-hydrogen) atoms. The van der Waals surface area contributed by atoms with Gasteiger partial charge in [-0.25, -0.2) is 0 Å². The first-order valence-electron chi connectivity index (χ1n) is 6.74. The van der Waals surface area contributed by atoms with Gasteiger partial charge in [-0.05, 0) is 18.5 Å². The van der Waals surface area contributed by atoms with E-state index in [0.29, 0.717) is 6.54 Å². The summed E-state index contributed by atoms with van der Waals surface area (Å²) in [6, 6.07) is 9.41. The first-order valence-corrected chi connectivity index (χ1v) is 6.74. The monoisotopic (exact) mass is 249 g/mol. The number of carboxylic acid groups (broad SMARTS) is 1. The Kier molecular flexibility index (Phi) is 7.11. The summed E-state index contributed by atoms with van der Waals surface area (Å²) in [5.41, 5.74) is 0.867. The maximum atomic E-state index is 11.2. The number of hydrogen-bond donors (Lipinski definition) is 2. The van der Waals surface area contributed by atoms with Gasteiger partial charge < -0.3 is 10.4 Å². The fraction of sp³-hybridized carbons (Fsp3) is 0.533. The predicted molar refractivity (Wildman–Crippen MR) is 73.8 cm³/mol. The van der Waals surface area contributed by atoms with Crippen molar-refractivity contribution in [2.45, 2.75) is 38.5 Å². The third-order valence-electron chi connectivity index (χ3n) is 3.06. The highest BCUT2D eigenvalue weighted by Crippen LogP contribution is 2.14. The molecule has 0 aliphatic carbocycles. The van der Waals surface area contributed by atoms with Crippen molar-refractivity contribution in [1.82, 2.24) is 5.32 Å². The zero-order chi connectivity index (χ0) is 13.2. The molecule has 1 aromatic rings. The molecule has 0 heterocycles. The molecule has 0 fully saturated rings. The third-order valence-corrected chi connectivity index (χ3v) is 3.06. The van der Waals surface area contributed by atoms with E-state index in [9.17, 15) is 9.90 Å². The maximum Gasteiger partial charge on any atom is 0.312 e. The maximum absolute atomic E-state index is 11.2. The van der Waals surface area contributed by atoms with E-state index in [1.807, 2.05) is 30.3 Å². The molecular weight excluding hydrogens is 226 g/mol. The van der Waals surface area contributed by atoms with Crippen LogP contribution in [-0.2, 0) is 4.79 Å². The lowest BCUT2D eigenvalue weighted by Gasteiger charge is -2.13. The third kappa shape index (κ3) is 5.32. The van der Waals surface area contributed by atoms with Gasteiger partial charge in [0.25, 0.3) is 0 Å². The minimum absolute atomic E-state index is 0.447. The molecule has 3 nitrogen and oxygen atoms in total. The number of aliphatic carboxylic acids is 1. The second-order valence-electron chi connectivity index (χ2n) is 4.57. The minimum atomic E-state index is -0.762. The first kappa shape index (κ1) is 14.7. The first-order chi connectivity index (χ1) is 8.75. The molecule has 1 atom stereocenters. The van der Waals surface area contributed by atoms with Crippen molar-refractivity contribution >= 4 is 5.97 Å². The summed E-state index contributed by atoms with van der Waals surface area (Å²) < 4.78 is 0. The molecule has 0 radical (unpaired) electrons. The van der Waals surface area contributed by atoms with Crippen LogP contribution in [0, 0.1) is 0 Å². The average molecular weight is 249 g/mol. The van der Waals surface area contributed by atoms with E-state index in [4.69, 9.17) is 0 Å². The zero-order valence-corrected chi connectivity index (χ0v) is 11.1. The Labute approximate surface area is 109 Å². The molecule has 0 amide bonds. The molecule has 3 heteroatoms. The second kappa shape index (κ2) is 8.70. The van der Waals surface area contributed by atoms with Crippen LogP contribution in [0.5, 0.6) is 0 Å². The highest BCUT2D eigenvalue weighted by molar-refractivity contribution is 5.76. The van der Waals surface area contributed by atoms with Gasteiger partial charge in [-0.1, -0.05) is 56.5 Å². The minimum Gasteiger partial charge on any atom is -0.481 e. The number of nitrogens with one attached hydrogen (secondary N) is 1. The van der Waals surface area contributed by atoms with E-state index in [0.717, 1.165) is 18.5 Å². The Morgan fingerprint density at radius 3 is 2.56 bits per heavy atom. The van der Waals surface area contributed by atoms with Crippen molar-refractivity contribution < 1.29 is 9.90 Å². The highest BCUT2D eigenvalue weighted by Gasteiger charge is 2.18. The van der Waals surface area contributed by atoms with Gasteiger partial charge in [-0.3, -0.25) is 4.79 Å². The molecule has 0 saturated carbocycles. The van der Waals surface area contributed by atoms with Crippen LogP contribution in [0.4, 0.5) is 0 Å². The van der Waals surface area contributed by atoms with Crippen LogP contribution in [-0.4, -0.2) is 24.2 Å². The second-order valence-corrected chi connectivity index (χ2v) is 4.57. The van der Waals surface area contributed by atoms with Gasteiger partial charge in [-0.15, -0.1) is 0 Å². The van der Waals surface area contributed by atoms with E-state index in [1.54, 1.807) is 0 Å². The molecule has 2 N–H and O–H groups in total. The van der Waals surface area contributed by atoms with Crippen molar-refractivity contribution in [3.05, 3.63) is 35.9 Å². The number of benzene rings is 1. The fourth-order valence-corrected chi connectivity index (χ4v) is 1.96. The van der Waals surface area contributed by atoms with Gasteiger partial charge in [0.15, 0.2) is 0 Å². The quantitative estimate of drug-likeness (QED) is 0.661. The van der Waals surface area contributed by atoms with Crippen LogP contribution in [0.2, 0.25) is 0 Å². The Hall–Kier alpha value is -1.35. The molecule has 1 unspecified atom stereocenters. The van der Waals surface area contributed by atoms with Crippen LogP contribution in [0.1, 0.15) is 44.1 Å². The van der Waals surface area contributed by atoms with Crippen molar-refractivity contribution in [3.8, 4) is 0 Å². The molecular formula is C15H23NO2. The van der Waals surface area contributed by atoms with Crippen LogP contribution >= 0.6 is 0 Å². The fourth-order valence-electron chi connectivity index (χ4n) is 1.96. The summed E-state index contributed by atoms with van der Waals surface area (Å²) in [5.74, 6) is -1.21. The molecule has 0 aliphatic heterocycles. The van der Waals surface area contributed by atoms with Gasteiger partial charge >= 0.3 is 5.97 Å². The Morgan fingerprint density at radius 1 is 1.22 bits per heavy atom. The van der Waals surface area contributed by atoms with Crippen LogP contribution < -0.4 is 5.32 Å². The molecule has 0 saturated heterocycles. The lowest BCUT2D eigenvalue weighted by molar-refractivity contribution is -0.138. The summed E-state index contributed by atoms with van der Waals surface area (Å²) in [7, 11) is 0.